The van der Waals surface area contributed by atoms with Crippen LogP contribution in [0.2, 0.25) is 0 Å². The molecular weight excluding hydrogens is 404 g/mol. The molecule has 0 unspecified atom stereocenters. The summed E-state index contributed by atoms with van der Waals surface area (Å²) in [6, 6.07) is 12.3. The third kappa shape index (κ3) is 6.77. The first-order valence-corrected chi connectivity index (χ1v) is 10.7. The van der Waals surface area contributed by atoms with Crippen molar-refractivity contribution < 1.29 is 14.5 Å². The van der Waals surface area contributed by atoms with Gasteiger partial charge in [-0.25, -0.2) is 5.43 Å². The number of nitrogens with one attached hydrogen (secondary N) is 1. The SMILES string of the molecule is CCN(CC)c1ccc([N+](=O)[O-])cc1/C=N\NC(=O)CSCc1ccc(OC)cc1. The average Bonchev–Trinajstić information content (AvgIpc) is 2.75. The average molecular weight is 431 g/mol. The minimum Gasteiger partial charge on any atom is -0.497 e. The van der Waals surface area contributed by atoms with E-state index in [-0.39, 0.29) is 17.3 Å². The van der Waals surface area contributed by atoms with Crippen LogP contribution in [0.5, 0.6) is 5.75 Å². The number of anilines is 1. The molecule has 2 aromatic rings. The number of nitrogens with zero attached hydrogens (tertiary/aromatic N) is 3. The molecule has 8 nitrogen and oxygen atoms in total. The lowest BCUT2D eigenvalue weighted by Crippen LogP contribution is -2.23. The normalized spacial score (nSPS) is 10.8. The highest BCUT2D eigenvalue weighted by molar-refractivity contribution is 7.99. The number of hydrogen-bond acceptors (Lipinski definition) is 7. The van der Waals surface area contributed by atoms with Crippen molar-refractivity contribution in [1.82, 2.24) is 5.43 Å². The fraction of sp³-hybridized carbons (Fsp3) is 0.333. The van der Waals surface area contributed by atoms with Crippen LogP contribution in [0, 0.1) is 10.1 Å². The van der Waals surface area contributed by atoms with E-state index in [1.165, 1.54) is 30.1 Å². The van der Waals surface area contributed by atoms with Gasteiger partial charge in [0.15, 0.2) is 0 Å². The molecule has 0 atom stereocenters. The highest BCUT2D eigenvalue weighted by Gasteiger charge is 2.13. The van der Waals surface area contributed by atoms with E-state index in [4.69, 9.17) is 4.74 Å². The highest BCUT2D eigenvalue weighted by Crippen LogP contribution is 2.24. The quantitative estimate of drug-likeness (QED) is 0.331. The van der Waals surface area contributed by atoms with Gasteiger partial charge in [-0.15, -0.1) is 11.8 Å². The van der Waals surface area contributed by atoms with E-state index >= 15 is 0 Å². The predicted molar refractivity (Wildman–Crippen MR) is 122 cm³/mol. The van der Waals surface area contributed by atoms with Gasteiger partial charge in [0.25, 0.3) is 5.69 Å². The Morgan fingerprint density at radius 2 is 1.93 bits per heavy atom. The molecular formula is C21H26N4O4S. The summed E-state index contributed by atoms with van der Waals surface area (Å²) in [7, 11) is 1.62. The first-order chi connectivity index (χ1) is 14.5. The number of thioether (sulfide) groups is 1. The number of carbonyl (C=O) groups is 1. The number of rotatable bonds is 11. The van der Waals surface area contributed by atoms with Crippen molar-refractivity contribution in [2.75, 3.05) is 30.9 Å². The Hall–Kier alpha value is -3.07. The van der Waals surface area contributed by atoms with Crippen LogP contribution < -0.4 is 15.1 Å². The summed E-state index contributed by atoms with van der Waals surface area (Å²) in [4.78, 5) is 24.8. The lowest BCUT2D eigenvalue weighted by atomic mass is 10.1. The zero-order valence-corrected chi connectivity index (χ0v) is 18.1. The number of non-ortho nitro benzene ring substituents is 1. The van der Waals surface area contributed by atoms with Gasteiger partial charge in [0.05, 0.1) is 24.0 Å². The summed E-state index contributed by atoms with van der Waals surface area (Å²) in [5.74, 6) is 1.50. The van der Waals surface area contributed by atoms with Gasteiger partial charge in [0.2, 0.25) is 5.91 Å². The number of ether oxygens (including phenoxy) is 1. The fourth-order valence-corrected chi connectivity index (χ4v) is 3.58. The summed E-state index contributed by atoms with van der Waals surface area (Å²) >= 11 is 1.47. The molecule has 0 spiro atoms. The Bertz CT molecular complexity index is 883. The van der Waals surface area contributed by atoms with Gasteiger partial charge in [0.1, 0.15) is 5.75 Å². The van der Waals surface area contributed by atoms with Crippen LogP contribution in [0.3, 0.4) is 0 Å². The van der Waals surface area contributed by atoms with Crippen LogP contribution in [0.1, 0.15) is 25.0 Å². The van der Waals surface area contributed by atoms with Crippen LogP contribution in [-0.2, 0) is 10.5 Å². The number of carbonyl (C=O) groups excluding carboxylic acids is 1. The van der Waals surface area contributed by atoms with Crippen molar-refractivity contribution in [3.63, 3.8) is 0 Å². The molecule has 0 aliphatic rings. The summed E-state index contributed by atoms with van der Waals surface area (Å²) < 4.78 is 5.12. The van der Waals surface area contributed by atoms with E-state index in [1.807, 2.05) is 38.1 Å². The van der Waals surface area contributed by atoms with E-state index in [0.717, 1.165) is 30.1 Å². The molecule has 2 rings (SSSR count). The molecule has 0 fully saturated rings. The Balaban J connectivity index is 1.94. The van der Waals surface area contributed by atoms with E-state index in [1.54, 1.807) is 13.2 Å². The Labute approximate surface area is 180 Å². The molecule has 0 heterocycles. The number of hydrazone groups is 1. The van der Waals surface area contributed by atoms with Crippen LogP contribution in [0.25, 0.3) is 0 Å². The maximum absolute atomic E-state index is 12.0. The number of methoxy groups -OCH3 is 1. The van der Waals surface area contributed by atoms with Gasteiger partial charge in [-0.2, -0.15) is 5.10 Å². The molecule has 30 heavy (non-hydrogen) atoms. The Morgan fingerprint density at radius 3 is 2.53 bits per heavy atom. The summed E-state index contributed by atoms with van der Waals surface area (Å²) in [6.07, 6.45) is 1.45. The minimum absolute atomic E-state index is 0.0197. The molecule has 0 bridgehead atoms. The standard InChI is InChI=1S/C21H26N4O4S/c1-4-24(5-2)20-11-8-18(25(27)28)12-17(20)13-22-23-21(26)15-30-14-16-6-9-19(29-3)10-7-16/h6-13H,4-5,14-15H2,1-3H3,(H,23,26)/b22-13-. The van der Waals surface area contributed by atoms with Crippen LogP contribution in [-0.4, -0.2) is 43.0 Å². The molecule has 1 amide bonds. The number of benzene rings is 2. The summed E-state index contributed by atoms with van der Waals surface area (Å²) in [5, 5.41) is 15.1. The van der Waals surface area contributed by atoms with Crippen molar-refractivity contribution in [3.8, 4) is 5.75 Å². The smallest absolute Gasteiger partial charge is 0.270 e. The first kappa shape index (κ1) is 23.2. The molecule has 0 radical (unpaired) electrons. The van der Waals surface area contributed by atoms with Gasteiger partial charge in [-0.3, -0.25) is 14.9 Å². The van der Waals surface area contributed by atoms with Crippen molar-refractivity contribution in [2.45, 2.75) is 19.6 Å². The minimum atomic E-state index is -0.447. The second-order valence-corrected chi connectivity index (χ2v) is 7.29. The lowest BCUT2D eigenvalue weighted by molar-refractivity contribution is -0.384. The van der Waals surface area contributed by atoms with Gasteiger partial charge in [-0.05, 0) is 37.6 Å². The largest absolute Gasteiger partial charge is 0.497 e. The Morgan fingerprint density at radius 1 is 1.23 bits per heavy atom. The van der Waals surface area contributed by atoms with Crippen molar-refractivity contribution >= 4 is 35.3 Å². The fourth-order valence-electron chi connectivity index (χ4n) is 2.80. The highest BCUT2D eigenvalue weighted by atomic mass is 32.2. The molecule has 0 aromatic heterocycles. The van der Waals surface area contributed by atoms with Gasteiger partial charge in [-0.1, -0.05) is 12.1 Å². The molecule has 9 heteroatoms. The zero-order chi connectivity index (χ0) is 21.9. The third-order valence-corrected chi connectivity index (χ3v) is 5.38. The second-order valence-electron chi connectivity index (χ2n) is 6.31. The number of nitro benzene ring substituents is 1. The zero-order valence-electron chi connectivity index (χ0n) is 17.3. The second kappa shape index (κ2) is 11.8. The summed E-state index contributed by atoms with van der Waals surface area (Å²) in [5.41, 5.74) is 4.98. The lowest BCUT2D eigenvalue weighted by Gasteiger charge is -2.22. The number of amides is 1. The molecule has 2 aromatic carbocycles. The maximum Gasteiger partial charge on any atom is 0.270 e. The van der Waals surface area contributed by atoms with Gasteiger partial charge >= 0.3 is 0 Å². The van der Waals surface area contributed by atoms with E-state index in [2.05, 4.69) is 15.4 Å². The molecule has 0 saturated heterocycles. The van der Waals surface area contributed by atoms with E-state index in [0.29, 0.717) is 11.3 Å². The van der Waals surface area contributed by atoms with Gasteiger partial charge in [0, 0.05) is 42.2 Å². The monoisotopic (exact) mass is 430 g/mol. The van der Waals surface area contributed by atoms with Gasteiger partial charge < -0.3 is 9.64 Å². The van der Waals surface area contributed by atoms with Crippen LogP contribution >= 0.6 is 11.8 Å². The van der Waals surface area contributed by atoms with Crippen LogP contribution in [0.4, 0.5) is 11.4 Å². The topological polar surface area (TPSA) is 97.1 Å². The first-order valence-electron chi connectivity index (χ1n) is 9.54. The molecule has 0 aliphatic carbocycles. The van der Waals surface area contributed by atoms with E-state index in [9.17, 15) is 14.9 Å². The van der Waals surface area contributed by atoms with Crippen molar-refractivity contribution in [3.05, 3.63) is 63.7 Å². The van der Waals surface area contributed by atoms with Crippen LogP contribution in [0.15, 0.2) is 47.6 Å². The third-order valence-electron chi connectivity index (χ3n) is 4.38. The number of hydrogen-bond donors (Lipinski definition) is 1. The molecule has 160 valence electrons. The Kier molecular flexibility index (Phi) is 9.14. The predicted octanol–water partition coefficient (Wildman–Crippen LogP) is 3.83. The van der Waals surface area contributed by atoms with Crippen molar-refractivity contribution in [1.29, 1.82) is 0 Å². The molecule has 0 saturated carbocycles. The van der Waals surface area contributed by atoms with E-state index < -0.39 is 4.92 Å². The maximum atomic E-state index is 12.0. The molecule has 1 N–H and O–H groups in total. The number of nitro groups is 1. The molecule has 0 aliphatic heterocycles. The van der Waals surface area contributed by atoms with Crippen molar-refractivity contribution in [2.24, 2.45) is 5.10 Å². The summed E-state index contributed by atoms with van der Waals surface area (Å²) in [6.45, 7) is 5.52.